The number of aliphatic hydroxyl groups is 2. The van der Waals surface area contributed by atoms with E-state index in [9.17, 15) is 19.8 Å². The van der Waals surface area contributed by atoms with Crippen LogP contribution in [-0.2, 0) is 14.3 Å². The summed E-state index contributed by atoms with van der Waals surface area (Å²) < 4.78 is 5.93. The number of rotatable bonds is 53. The topological polar surface area (TPSA) is 95.9 Å². The van der Waals surface area contributed by atoms with E-state index in [4.69, 9.17) is 4.74 Å². The van der Waals surface area contributed by atoms with Gasteiger partial charge >= 0.3 is 5.97 Å². The minimum atomic E-state index is -0.801. The molecule has 0 saturated heterocycles. The molecule has 0 bridgehead atoms. The zero-order chi connectivity index (χ0) is 49.5. The molecule has 1 amide bonds. The molecule has 0 aliphatic heterocycles. The average molecular weight is 953 g/mol. The van der Waals surface area contributed by atoms with Crippen molar-refractivity contribution >= 4 is 11.9 Å². The molecule has 0 aliphatic rings. The van der Waals surface area contributed by atoms with Crippen molar-refractivity contribution in [3.63, 3.8) is 0 Å². The van der Waals surface area contributed by atoms with Gasteiger partial charge in [0.25, 0.3) is 0 Å². The summed E-state index contributed by atoms with van der Waals surface area (Å²) >= 11 is 0. The number of carbonyl (C=O) groups is 2. The Bertz CT molecular complexity index is 1210. The van der Waals surface area contributed by atoms with Gasteiger partial charge in [0.05, 0.1) is 25.2 Å². The molecular formula is C62H113NO5. The Morgan fingerprint density at radius 1 is 0.441 bits per heavy atom. The first kappa shape index (κ1) is 65.6. The molecule has 68 heavy (non-hydrogen) atoms. The number of nitrogens with one attached hydrogen (secondary N) is 1. The van der Waals surface area contributed by atoms with Crippen LogP contribution < -0.4 is 5.32 Å². The number of aliphatic hydroxyl groups excluding tert-OH is 2. The van der Waals surface area contributed by atoms with Crippen molar-refractivity contribution < 1.29 is 24.5 Å². The van der Waals surface area contributed by atoms with E-state index >= 15 is 0 Å². The number of hydrogen-bond donors (Lipinski definition) is 3. The highest BCUT2D eigenvalue weighted by Gasteiger charge is 2.24. The van der Waals surface area contributed by atoms with Crippen molar-refractivity contribution in [3.05, 3.63) is 60.8 Å². The lowest BCUT2D eigenvalue weighted by atomic mass is 10.0. The van der Waals surface area contributed by atoms with Gasteiger partial charge in [0.1, 0.15) is 6.10 Å². The summed E-state index contributed by atoms with van der Waals surface area (Å²) in [6, 6.07) is -0.717. The Hall–Kier alpha value is -2.44. The van der Waals surface area contributed by atoms with E-state index in [1.165, 1.54) is 173 Å². The molecule has 396 valence electrons. The Kier molecular flexibility index (Phi) is 53.5. The van der Waals surface area contributed by atoms with Crippen LogP contribution in [0.25, 0.3) is 0 Å². The van der Waals surface area contributed by atoms with Crippen LogP contribution in [0.4, 0.5) is 0 Å². The average Bonchev–Trinajstić information content (AvgIpc) is 3.33. The fraction of sp³-hybridized carbons (Fsp3) is 0.806. The molecule has 0 rings (SSSR count). The molecule has 0 heterocycles. The van der Waals surface area contributed by atoms with Gasteiger partial charge in [-0.1, -0.05) is 287 Å². The lowest BCUT2D eigenvalue weighted by Crippen LogP contribution is -2.46. The summed E-state index contributed by atoms with van der Waals surface area (Å²) in [5, 5.41) is 23.9. The highest BCUT2D eigenvalue weighted by molar-refractivity contribution is 5.77. The summed E-state index contributed by atoms with van der Waals surface area (Å²) in [4.78, 5) is 26.3. The molecule has 0 aromatic rings. The van der Waals surface area contributed by atoms with E-state index < -0.39 is 18.2 Å². The molecule has 0 aliphatic carbocycles. The first-order valence-corrected chi connectivity index (χ1v) is 29.5. The summed E-state index contributed by atoms with van der Waals surface area (Å²) in [7, 11) is 0. The smallest absolute Gasteiger partial charge is 0.306 e. The van der Waals surface area contributed by atoms with Gasteiger partial charge in [0.15, 0.2) is 0 Å². The van der Waals surface area contributed by atoms with Gasteiger partial charge in [-0.05, 0) is 57.8 Å². The number of carbonyl (C=O) groups excluding carboxylic acids is 2. The van der Waals surface area contributed by atoms with Crippen molar-refractivity contribution in [2.45, 2.75) is 315 Å². The molecule has 0 aromatic carbocycles. The van der Waals surface area contributed by atoms with Crippen LogP contribution in [0.5, 0.6) is 0 Å². The van der Waals surface area contributed by atoms with E-state index in [0.717, 1.165) is 70.6 Å². The first-order valence-electron chi connectivity index (χ1n) is 29.5. The second kappa shape index (κ2) is 55.5. The van der Waals surface area contributed by atoms with Crippen LogP contribution in [0.2, 0.25) is 0 Å². The lowest BCUT2D eigenvalue weighted by molar-refractivity contribution is -0.150. The molecule has 3 N–H and O–H groups in total. The van der Waals surface area contributed by atoms with Gasteiger partial charge in [-0.25, -0.2) is 0 Å². The van der Waals surface area contributed by atoms with E-state index in [1.54, 1.807) is 0 Å². The van der Waals surface area contributed by atoms with Crippen molar-refractivity contribution in [2.75, 3.05) is 6.61 Å². The largest absolute Gasteiger partial charge is 0.462 e. The summed E-state index contributed by atoms with van der Waals surface area (Å²) in [5.41, 5.74) is 0. The predicted molar refractivity (Wildman–Crippen MR) is 296 cm³/mol. The highest BCUT2D eigenvalue weighted by Crippen LogP contribution is 2.19. The quantitative estimate of drug-likeness (QED) is 0.0321. The zero-order valence-electron chi connectivity index (χ0n) is 45.2. The lowest BCUT2D eigenvalue weighted by Gasteiger charge is -2.24. The third kappa shape index (κ3) is 50.0. The minimum absolute atomic E-state index is 0.0501. The Labute approximate surface area is 422 Å². The molecule has 0 radical (unpaired) electrons. The van der Waals surface area contributed by atoms with Crippen molar-refractivity contribution in [2.24, 2.45) is 0 Å². The number of allylic oxidation sites excluding steroid dienone is 10. The monoisotopic (exact) mass is 952 g/mol. The van der Waals surface area contributed by atoms with Crippen LogP contribution in [0.1, 0.15) is 297 Å². The molecule has 0 spiro atoms. The van der Waals surface area contributed by atoms with Gasteiger partial charge in [-0.2, -0.15) is 0 Å². The molecule has 3 unspecified atom stereocenters. The zero-order valence-corrected chi connectivity index (χ0v) is 45.2. The maximum absolute atomic E-state index is 13.3. The molecular weight excluding hydrogens is 839 g/mol. The second-order valence-electron chi connectivity index (χ2n) is 20.0. The summed E-state index contributed by atoms with van der Waals surface area (Å²) in [5.74, 6) is -0.560. The molecule has 0 saturated carbocycles. The standard InChI is InChI=1S/C62H113NO5/c1-4-7-10-13-16-19-22-25-28-31-32-35-38-41-44-47-50-53-58(68-62(67)55-52-49-46-43-40-37-34-30-27-24-21-18-15-12-9-6-3)56-61(66)63-59(57-64)60(65)54-51-48-45-42-39-36-33-29-26-23-20-17-14-11-8-5-2/h9,12,18,21,27,30,37,40,46,49,58-60,64-65H,4-8,10-11,13-17,19-20,22-26,28-29,31-36,38-39,41-45,47-48,50-57H2,1-3H3,(H,63,66)/b12-9+,21-18+,30-27+,40-37+,49-46+. The third-order valence-corrected chi connectivity index (χ3v) is 13.4. The minimum Gasteiger partial charge on any atom is -0.462 e. The number of esters is 1. The van der Waals surface area contributed by atoms with Crippen molar-refractivity contribution in [1.82, 2.24) is 5.32 Å². The fourth-order valence-electron chi connectivity index (χ4n) is 8.95. The summed E-state index contributed by atoms with van der Waals surface area (Å²) in [6.45, 7) is 6.39. The molecule has 0 fully saturated rings. The van der Waals surface area contributed by atoms with E-state index in [0.29, 0.717) is 19.3 Å². The van der Waals surface area contributed by atoms with Crippen LogP contribution in [0.3, 0.4) is 0 Å². The number of hydrogen-bond acceptors (Lipinski definition) is 5. The van der Waals surface area contributed by atoms with Crippen LogP contribution >= 0.6 is 0 Å². The number of unbranched alkanes of at least 4 members (excludes halogenated alkanes) is 31. The normalized spacial score (nSPS) is 13.5. The second-order valence-corrected chi connectivity index (χ2v) is 20.0. The first-order chi connectivity index (χ1) is 33.5. The maximum atomic E-state index is 13.3. The van der Waals surface area contributed by atoms with Gasteiger partial charge in [-0.15, -0.1) is 0 Å². The SMILES string of the molecule is CC/C=C/C/C=C/C/C=C/C/C=C/C/C=C/CCC(=O)OC(CCCCCCCCCCCCCCCCCCC)CC(=O)NC(CO)C(O)CCCCCCCCCCCCCCCCCC. The highest BCUT2D eigenvalue weighted by atomic mass is 16.5. The van der Waals surface area contributed by atoms with Crippen LogP contribution in [0.15, 0.2) is 60.8 Å². The van der Waals surface area contributed by atoms with Gasteiger partial charge in [0, 0.05) is 6.42 Å². The molecule has 6 nitrogen and oxygen atoms in total. The molecule has 6 heteroatoms. The maximum Gasteiger partial charge on any atom is 0.306 e. The molecule has 3 atom stereocenters. The Balaban J connectivity index is 4.62. The summed E-state index contributed by atoms with van der Waals surface area (Å²) in [6.07, 6.45) is 70.1. The Morgan fingerprint density at radius 2 is 0.765 bits per heavy atom. The Morgan fingerprint density at radius 3 is 1.12 bits per heavy atom. The number of ether oxygens (including phenoxy) is 1. The van der Waals surface area contributed by atoms with Crippen molar-refractivity contribution in [1.29, 1.82) is 0 Å². The van der Waals surface area contributed by atoms with Crippen LogP contribution in [0, 0.1) is 0 Å². The van der Waals surface area contributed by atoms with E-state index in [2.05, 4.69) is 80.8 Å². The van der Waals surface area contributed by atoms with Gasteiger partial charge < -0.3 is 20.3 Å². The van der Waals surface area contributed by atoms with Crippen LogP contribution in [-0.4, -0.2) is 46.9 Å². The van der Waals surface area contributed by atoms with E-state index in [1.807, 2.05) is 6.08 Å². The predicted octanol–water partition coefficient (Wildman–Crippen LogP) is 18.4. The van der Waals surface area contributed by atoms with E-state index in [-0.39, 0.29) is 31.3 Å². The van der Waals surface area contributed by atoms with Crippen molar-refractivity contribution in [3.8, 4) is 0 Å². The fourth-order valence-corrected chi connectivity index (χ4v) is 8.95. The van der Waals surface area contributed by atoms with Gasteiger partial charge in [0.2, 0.25) is 5.91 Å². The molecule has 0 aromatic heterocycles. The van der Waals surface area contributed by atoms with Gasteiger partial charge in [-0.3, -0.25) is 9.59 Å². The third-order valence-electron chi connectivity index (χ3n) is 13.4. The number of amides is 1.